The molecule has 1 atom stereocenters. The van der Waals surface area contributed by atoms with E-state index in [1.807, 2.05) is 0 Å². The van der Waals surface area contributed by atoms with Crippen LogP contribution < -0.4 is 20.7 Å². The van der Waals surface area contributed by atoms with Gasteiger partial charge >= 0.3 is 6.03 Å². The summed E-state index contributed by atoms with van der Waals surface area (Å²) in [4.78, 5) is 15.2. The van der Waals surface area contributed by atoms with Crippen LogP contribution >= 0.6 is 0 Å². The Bertz CT molecular complexity index is 762. The van der Waals surface area contributed by atoms with Gasteiger partial charge in [-0.25, -0.2) is 9.18 Å². The molecule has 4 N–H and O–H groups in total. The van der Waals surface area contributed by atoms with Gasteiger partial charge in [0.05, 0.1) is 0 Å². The second-order valence-corrected chi connectivity index (χ2v) is 6.74. The highest BCUT2D eigenvalue weighted by Crippen LogP contribution is 2.18. The number of urea groups is 1. The normalized spacial score (nSPS) is 15.9. The molecule has 1 saturated heterocycles. The van der Waals surface area contributed by atoms with Crippen molar-refractivity contribution in [2.45, 2.75) is 6.10 Å². The SMILES string of the molecule is NC(=O)Nc1ccc(OCC(O)CN2CCN(c3ccc(F)cc3)CC2)cc1. The maximum absolute atomic E-state index is 13.0. The molecule has 1 fully saturated rings. The molecule has 0 aliphatic carbocycles. The smallest absolute Gasteiger partial charge is 0.316 e. The number of rotatable bonds is 7. The largest absolute Gasteiger partial charge is 0.491 e. The fraction of sp³-hybridized carbons (Fsp3) is 0.350. The number of halogens is 1. The van der Waals surface area contributed by atoms with Crippen molar-refractivity contribution < 1.29 is 19.0 Å². The fourth-order valence-electron chi connectivity index (χ4n) is 3.16. The molecule has 3 rings (SSSR count). The summed E-state index contributed by atoms with van der Waals surface area (Å²) in [6, 6.07) is 12.7. The molecule has 0 spiro atoms. The monoisotopic (exact) mass is 388 g/mol. The van der Waals surface area contributed by atoms with E-state index in [1.165, 1.54) is 12.1 Å². The van der Waals surface area contributed by atoms with Crippen LogP contribution in [0, 0.1) is 5.82 Å². The lowest BCUT2D eigenvalue weighted by atomic mass is 10.2. The number of nitrogens with two attached hydrogens (primary N) is 1. The van der Waals surface area contributed by atoms with Crippen molar-refractivity contribution in [3.05, 3.63) is 54.3 Å². The van der Waals surface area contributed by atoms with Gasteiger partial charge in [-0.3, -0.25) is 4.90 Å². The summed E-state index contributed by atoms with van der Waals surface area (Å²) in [5, 5.41) is 12.7. The number of carbonyl (C=O) groups is 1. The Hall–Kier alpha value is -2.84. The molecule has 28 heavy (non-hydrogen) atoms. The number of β-amino-alcohol motifs (C(OH)–C–C–N with tert-alkyl or cyclic N) is 1. The maximum Gasteiger partial charge on any atom is 0.316 e. The van der Waals surface area contributed by atoms with Crippen LogP contribution in [0.25, 0.3) is 0 Å². The zero-order chi connectivity index (χ0) is 19.9. The number of primary amides is 1. The van der Waals surface area contributed by atoms with Gasteiger partial charge in [0.2, 0.25) is 0 Å². The number of ether oxygens (including phenoxy) is 1. The van der Waals surface area contributed by atoms with Gasteiger partial charge in [0.25, 0.3) is 0 Å². The molecule has 1 aliphatic rings. The highest BCUT2D eigenvalue weighted by atomic mass is 19.1. The number of benzene rings is 2. The lowest BCUT2D eigenvalue weighted by molar-refractivity contribution is 0.0663. The number of nitrogens with zero attached hydrogens (tertiary/aromatic N) is 2. The molecule has 0 radical (unpaired) electrons. The van der Waals surface area contributed by atoms with E-state index in [0.717, 1.165) is 31.9 Å². The van der Waals surface area contributed by atoms with Crippen molar-refractivity contribution in [3.63, 3.8) is 0 Å². The third kappa shape index (κ3) is 5.83. The van der Waals surface area contributed by atoms with Gasteiger partial charge in [0.1, 0.15) is 24.3 Å². The molecular weight excluding hydrogens is 363 g/mol. The lowest BCUT2D eigenvalue weighted by Gasteiger charge is -2.36. The average molecular weight is 388 g/mol. The van der Waals surface area contributed by atoms with E-state index in [2.05, 4.69) is 15.1 Å². The number of hydrogen-bond acceptors (Lipinski definition) is 5. The number of aliphatic hydroxyl groups excluding tert-OH is 1. The number of nitrogens with one attached hydrogen (secondary N) is 1. The van der Waals surface area contributed by atoms with Gasteiger partial charge in [-0.15, -0.1) is 0 Å². The van der Waals surface area contributed by atoms with Crippen LogP contribution in [0.15, 0.2) is 48.5 Å². The third-order valence-corrected chi connectivity index (χ3v) is 4.60. The Labute approximate surface area is 163 Å². The third-order valence-electron chi connectivity index (χ3n) is 4.60. The van der Waals surface area contributed by atoms with E-state index in [1.54, 1.807) is 36.4 Å². The average Bonchev–Trinajstić information content (AvgIpc) is 2.68. The zero-order valence-corrected chi connectivity index (χ0v) is 15.6. The second-order valence-electron chi connectivity index (χ2n) is 6.74. The molecule has 2 amide bonds. The number of aliphatic hydroxyl groups is 1. The summed E-state index contributed by atoms with van der Waals surface area (Å²) in [7, 11) is 0. The van der Waals surface area contributed by atoms with E-state index >= 15 is 0 Å². The van der Waals surface area contributed by atoms with Gasteiger partial charge in [-0.2, -0.15) is 0 Å². The van der Waals surface area contributed by atoms with Crippen molar-refractivity contribution in [2.24, 2.45) is 5.73 Å². The highest BCUT2D eigenvalue weighted by molar-refractivity contribution is 5.87. The Balaban J connectivity index is 1.39. The number of anilines is 2. The van der Waals surface area contributed by atoms with Crippen molar-refractivity contribution in [1.82, 2.24) is 4.90 Å². The predicted octanol–water partition coefficient (Wildman–Crippen LogP) is 1.88. The van der Waals surface area contributed by atoms with E-state index in [9.17, 15) is 14.3 Å². The summed E-state index contributed by atoms with van der Waals surface area (Å²) in [5.41, 5.74) is 6.66. The molecule has 0 aromatic heterocycles. The van der Waals surface area contributed by atoms with E-state index in [0.29, 0.717) is 18.0 Å². The summed E-state index contributed by atoms with van der Waals surface area (Å²) in [5.74, 6) is 0.375. The Morgan fingerprint density at radius 1 is 1.11 bits per heavy atom. The van der Waals surface area contributed by atoms with Gasteiger partial charge in [0, 0.05) is 44.1 Å². The molecule has 0 saturated carbocycles. The molecule has 0 bridgehead atoms. The van der Waals surface area contributed by atoms with Crippen LogP contribution in [0.5, 0.6) is 5.75 Å². The van der Waals surface area contributed by atoms with Crippen LogP contribution in [0.4, 0.5) is 20.6 Å². The van der Waals surface area contributed by atoms with Crippen molar-refractivity contribution in [1.29, 1.82) is 0 Å². The lowest BCUT2D eigenvalue weighted by Crippen LogP contribution is -2.49. The molecule has 1 heterocycles. The first-order chi connectivity index (χ1) is 13.5. The van der Waals surface area contributed by atoms with E-state index in [4.69, 9.17) is 10.5 Å². The van der Waals surface area contributed by atoms with Gasteiger partial charge < -0.3 is 25.8 Å². The van der Waals surface area contributed by atoms with E-state index < -0.39 is 12.1 Å². The second kappa shape index (κ2) is 9.38. The van der Waals surface area contributed by atoms with Crippen LogP contribution in [0.1, 0.15) is 0 Å². The van der Waals surface area contributed by atoms with E-state index in [-0.39, 0.29) is 12.4 Å². The number of piperazine rings is 1. The molecule has 1 unspecified atom stereocenters. The minimum atomic E-state index is -0.622. The number of amides is 2. The standard InChI is InChI=1S/C20H25FN4O3/c21-15-1-5-17(6-2-15)25-11-9-24(10-12-25)13-18(26)14-28-19-7-3-16(4-8-19)23-20(22)27/h1-8,18,26H,9-14H2,(H3,22,23,27). The van der Waals surface area contributed by atoms with Crippen LogP contribution in [0.2, 0.25) is 0 Å². The Morgan fingerprint density at radius 2 is 1.75 bits per heavy atom. The molecule has 2 aromatic rings. The molecule has 1 aliphatic heterocycles. The molecule has 7 nitrogen and oxygen atoms in total. The van der Waals surface area contributed by atoms with Gasteiger partial charge in [0.15, 0.2) is 0 Å². The first kappa shape index (κ1) is 19.9. The molecule has 150 valence electrons. The van der Waals surface area contributed by atoms with Crippen molar-refractivity contribution >= 4 is 17.4 Å². The minimum absolute atomic E-state index is 0.181. The number of carbonyl (C=O) groups excluding carboxylic acids is 1. The molecular formula is C20H25FN4O3. The van der Waals surface area contributed by atoms with Gasteiger partial charge in [-0.1, -0.05) is 0 Å². The quantitative estimate of drug-likeness (QED) is 0.674. The zero-order valence-electron chi connectivity index (χ0n) is 15.6. The van der Waals surface area contributed by atoms with Crippen molar-refractivity contribution in [2.75, 3.05) is 49.5 Å². The summed E-state index contributed by atoms with van der Waals surface area (Å²) >= 11 is 0. The fourth-order valence-corrected chi connectivity index (χ4v) is 3.16. The molecule has 2 aromatic carbocycles. The van der Waals surface area contributed by atoms with Crippen LogP contribution in [0.3, 0.4) is 0 Å². The topological polar surface area (TPSA) is 91.1 Å². The number of hydrogen-bond donors (Lipinski definition) is 3. The Morgan fingerprint density at radius 3 is 2.36 bits per heavy atom. The first-order valence-corrected chi connectivity index (χ1v) is 9.20. The minimum Gasteiger partial charge on any atom is -0.491 e. The van der Waals surface area contributed by atoms with Crippen LogP contribution in [-0.4, -0.2) is 61.5 Å². The maximum atomic E-state index is 13.0. The van der Waals surface area contributed by atoms with Crippen molar-refractivity contribution in [3.8, 4) is 5.75 Å². The highest BCUT2D eigenvalue weighted by Gasteiger charge is 2.19. The summed E-state index contributed by atoms with van der Waals surface area (Å²) in [6.45, 7) is 4.00. The Kier molecular flexibility index (Phi) is 6.67. The predicted molar refractivity (Wildman–Crippen MR) is 106 cm³/mol. The van der Waals surface area contributed by atoms with Crippen LogP contribution in [-0.2, 0) is 0 Å². The first-order valence-electron chi connectivity index (χ1n) is 9.20. The summed E-state index contributed by atoms with van der Waals surface area (Å²) < 4.78 is 18.6. The van der Waals surface area contributed by atoms with Gasteiger partial charge in [-0.05, 0) is 48.5 Å². The molecule has 8 heteroatoms. The summed E-state index contributed by atoms with van der Waals surface area (Å²) in [6.07, 6.45) is -0.610.